The lowest BCUT2D eigenvalue weighted by molar-refractivity contribution is 0.311. The summed E-state index contributed by atoms with van der Waals surface area (Å²) >= 11 is 0. The molecule has 1 aromatic carbocycles. The number of nitrogens with one attached hydrogen (secondary N) is 2. The summed E-state index contributed by atoms with van der Waals surface area (Å²) in [4.78, 5) is 14.3. The van der Waals surface area contributed by atoms with Crippen molar-refractivity contribution in [2.24, 2.45) is 0 Å². The Morgan fingerprint density at radius 2 is 1.70 bits per heavy atom. The minimum Gasteiger partial charge on any atom is -0.340 e. The second kappa shape index (κ2) is 8.82. The van der Waals surface area contributed by atoms with E-state index in [2.05, 4.69) is 27.5 Å². The van der Waals surface area contributed by atoms with Crippen molar-refractivity contribution >= 4 is 29.9 Å². The maximum atomic E-state index is 13.2. The summed E-state index contributed by atoms with van der Waals surface area (Å²) in [5, 5.41) is 6.82. The summed E-state index contributed by atoms with van der Waals surface area (Å²) in [7, 11) is 2.14. The van der Waals surface area contributed by atoms with Crippen molar-refractivity contribution < 1.29 is 4.39 Å². The van der Waals surface area contributed by atoms with E-state index < -0.39 is 0 Å². The first-order valence-electron chi connectivity index (χ1n) is 9.25. The molecule has 4 rings (SSSR count). The summed E-state index contributed by atoms with van der Waals surface area (Å²) in [5.41, 5.74) is 3.12. The van der Waals surface area contributed by atoms with Gasteiger partial charge in [-0.2, -0.15) is 4.98 Å². The van der Waals surface area contributed by atoms with Gasteiger partial charge in [0, 0.05) is 50.4 Å². The van der Waals surface area contributed by atoms with Crippen LogP contribution in [0.15, 0.2) is 24.3 Å². The minimum absolute atomic E-state index is 0. The van der Waals surface area contributed by atoms with Gasteiger partial charge in [0.05, 0.1) is 5.69 Å². The molecule has 0 amide bonds. The number of piperazine rings is 1. The fourth-order valence-corrected chi connectivity index (χ4v) is 3.45. The van der Waals surface area contributed by atoms with E-state index in [0.29, 0.717) is 0 Å². The SMILES string of the molecule is CN1CCN(c2nc3c(c(Nc4ccc(F)cc4)n2)CCNCC3)CC1.Cl. The number of aromatic nitrogens is 2. The third-order valence-electron chi connectivity index (χ3n) is 5.06. The van der Waals surface area contributed by atoms with Crippen LogP contribution in [0, 0.1) is 5.82 Å². The van der Waals surface area contributed by atoms with Crippen LogP contribution in [0.3, 0.4) is 0 Å². The lowest BCUT2D eigenvalue weighted by Crippen LogP contribution is -2.45. The third kappa shape index (κ3) is 4.66. The van der Waals surface area contributed by atoms with Gasteiger partial charge >= 0.3 is 0 Å². The van der Waals surface area contributed by atoms with Crippen molar-refractivity contribution in [2.75, 3.05) is 56.5 Å². The minimum atomic E-state index is -0.237. The number of nitrogens with zero attached hydrogens (tertiary/aromatic N) is 4. The molecule has 0 radical (unpaired) electrons. The molecular weight excluding hydrogens is 367 g/mol. The Kier molecular flexibility index (Phi) is 6.46. The second-order valence-electron chi connectivity index (χ2n) is 6.97. The summed E-state index contributed by atoms with van der Waals surface area (Å²) in [6.07, 6.45) is 1.79. The zero-order valence-corrected chi connectivity index (χ0v) is 16.4. The van der Waals surface area contributed by atoms with Crippen LogP contribution in [0.2, 0.25) is 0 Å². The first-order chi connectivity index (χ1) is 12.7. The van der Waals surface area contributed by atoms with Gasteiger partial charge in [-0.1, -0.05) is 0 Å². The monoisotopic (exact) mass is 392 g/mol. The molecule has 2 aliphatic heterocycles. The van der Waals surface area contributed by atoms with Gasteiger partial charge in [-0.3, -0.25) is 0 Å². The highest BCUT2D eigenvalue weighted by molar-refractivity contribution is 5.85. The lowest BCUT2D eigenvalue weighted by Gasteiger charge is -2.33. The Morgan fingerprint density at radius 3 is 2.44 bits per heavy atom. The third-order valence-corrected chi connectivity index (χ3v) is 5.06. The number of likely N-dealkylation sites (N-methyl/N-ethyl adjacent to an activating group) is 1. The summed E-state index contributed by atoms with van der Waals surface area (Å²) in [5.74, 6) is 1.40. The number of hydrogen-bond acceptors (Lipinski definition) is 6. The topological polar surface area (TPSA) is 56.3 Å². The molecule has 0 spiro atoms. The van der Waals surface area contributed by atoms with Crippen molar-refractivity contribution in [1.82, 2.24) is 20.2 Å². The highest BCUT2D eigenvalue weighted by Crippen LogP contribution is 2.26. The molecule has 0 atom stereocenters. The van der Waals surface area contributed by atoms with Gasteiger partial charge in [-0.05, 0) is 44.3 Å². The van der Waals surface area contributed by atoms with Crippen LogP contribution in [0.1, 0.15) is 11.3 Å². The molecule has 0 aliphatic carbocycles. The molecule has 146 valence electrons. The Labute approximate surface area is 165 Å². The normalized spacial score (nSPS) is 17.6. The van der Waals surface area contributed by atoms with E-state index in [9.17, 15) is 4.39 Å². The molecule has 6 nitrogen and oxygen atoms in total. The highest BCUT2D eigenvalue weighted by atomic mass is 35.5. The number of rotatable bonds is 3. The Balaban J connectivity index is 0.00000210. The molecule has 2 N–H and O–H groups in total. The predicted octanol–water partition coefficient (Wildman–Crippen LogP) is 2.22. The number of hydrogen-bond donors (Lipinski definition) is 2. The molecule has 0 bridgehead atoms. The van der Waals surface area contributed by atoms with Crippen molar-refractivity contribution in [2.45, 2.75) is 12.8 Å². The van der Waals surface area contributed by atoms with E-state index in [1.807, 2.05) is 0 Å². The number of fused-ring (bicyclic) bond motifs is 1. The summed E-state index contributed by atoms with van der Waals surface area (Å²) in [6.45, 7) is 5.75. The maximum Gasteiger partial charge on any atom is 0.227 e. The molecule has 1 saturated heterocycles. The van der Waals surface area contributed by atoms with Crippen LogP contribution in [0.25, 0.3) is 0 Å². The molecule has 8 heteroatoms. The maximum absolute atomic E-state index is 13.2. The van der Waals surface area contributed by atoms with Gasteiger partial charge in [0.25, 0.3) is 0 Å². The van der Waals surface area contributed by atoms with Gasteiger partial charge < -0.3 is 20.4 Å². The molecule has 0 unspecified atom stereocenters. The van der Waals surface area contributed by atoms with E-state index in [4.69, 9.17) is 9.97 Å². The molecule has 27 heavy (non-hydrogen) atoms. The molecule has 1 fully saturated rings. The van der Waals surface area contributed by atoms with Crippen LogP contribution in [0.5, 0.6) is 0 Å². The fourth-order valence-electron chi connectivity index (χ4n) is 3.45. The molecule has 3 heterocycles. The Morgan fingerprint density at radius 1 is 1.00 bits per heavy atom. The van der Waals surface area contributed by atoms with Crippen LogP contribution < -0.4 is 15.5 Å². The van der Waals surface area contributed by atoms with Gasteiger partial charge in [0.2, 0.25) is 5.95 Å². The quantitative estimate of drug-likeness (QED) is 0.835. The van der Waals surface area contributed by atoms with Crippen molar-refractivity contribution in [1.29, 1.82) is 0 Å². The van der Waals surface area contributed by atoms with Crippen molar-refractivity contribution in [3.63, 3.8) is 0 Å². The second-order valence-corrected chi connectivity index (χ2v) is 6.97. The molecule has 2 aromatic rings. The number of halogens is 2. The fraction of sp³-hybridized carbons (Fsp3) is 0.474. The summed E-state index contributed by atoms with van der Waals surface area (Å²) < 4.78 is 13.2. The standard InChI is InChI=1S/C19H25FN6.ClH/c1-25-10-12-26(13-11-25)19-23-17-7-9-21-8-6-16(17)18(24-19)22-15-4-2-14(20)3-5-15;/h2-5,21H,6-13H2,1H3,(H,22,23,24);1H. The first-order valence-corrected chi connectivity index (χ1v) is 9.25. The molecular formula is C19H26ClFN6. The zero-order chi connectivity index (χ0) is 17.9. The number of anilines is 3. The molecule has 2 aliphatic rings. The Bertz CT molecular complexity index is 762. The number of benzene rings is 1. The zero-order valence-electron chi connectivity index (χ0n) is 15.5. The van der Waals surface area contributed by atoms with Crippen LogP contribution in [-0.4, -0.2) is 61.2 Å². The smallest absolute Gasteiger partial charge is 0.227 e. The van der Waals surface area contributed by atoms with E-state index >= 15 is 0 Å². The van der Waals surface area contributed by atoms with Crippen LogP contribution in [0.4, 0.5) is 21.8 Å². The van der Waals surface area contributed by atoms with Gasteiger partial charge in [0.15, 0.2) is 0 Å². The van der Waals surface area contributed by atoms with Crippen LogP contribution >= 0.6 is 12.4 Å². The Hall–Kier alpha value is -1.96. The lowest BCUT2D eigenvalue weighted by atomic mass is 10.1. The predicted molar refractivity (Wildman–Crippen MR) is 109 cm³/mol. The van der Waals surface area contributed by atoms with E-state index in [1.54, 1.807) is 12.1 Å². The first kappa shape index (κ1) is 19.8. The average molecular weight is 393 g/mol. The van der Waals surface area contributed by atoms with E-state index in [-0.39, 0.29) is 18.2 Å². The van der Waals surface area contributed by atoms with Crippen LogP contribution in [-0.2, 0) is 12.8 Å². The average Bonchev–Trinajstić information content (AvgIpc) is 2.90. The van der Waals surface area contributed by atoms with E-state index in [1.165, 1.54) is 12.1 Å². The molecule has 1 aromatic heterocycles. The van der Waals surface area contributed by atoms with Gasteiger partial charge in [0.1, 0.15) is 11.6 Å². The van der Waals surface area contributed by atoms with Gasteiger partial charge in [-0.15, -0.1) is 12.4 Å². The molecule has 0 saturated carbocycles. The van der Waals surface area contributed by atoms with Gasteiger partial charge in [-0.25, -0.2) is 9.37 Å². The van der Waals surface area contributed by atoms with Crippen molar-refractivity contribution in [3.8, 4) is 0 Å². The van der Waals surface area contributed by atoms with Crippen molar-refractivity contribution in [3.05, 3.63) is 41.3 Å². The largest absolute Gasteiger partial charge is 0.340 e. The summed E-state index contributed by atoms with van der Waals surface area (Å²) in [6, 6.07) is 6.42. The highest BCUT2D eigenvalue weighted by Gasteiger charge is 2.22. The van der Waals surface area contributed by atoms with E-state index in [0.717, 1.165) is 80.8 Å².